The van der Waals surface area contributed by atoms with Gasteiger partial charge in [-0.1, -0.05) is 88.7 Å². The van der Waals surface area contributed by atoms with Gasteiger partial charge < -0.3 is 10.1 Å². The van der Waals surface area contributed by atoms with E-state index in [0.29, 0.717) is 16.1 Å². The summed E-state index contributed by atoms with van der Waals surface area (Å²) in [4.78, 5) is 27.3. The Morgan fingerprint density at radius 1 is 0.912 bits per heavy atom. The molecule has 4 aromatic rings. The first-order valence-electron chi connectivity index (χ1n) is 10.6. The number of halogens is 1. The third-order valence-electron chi connectivity index (χ3n) is 5.27. The van der Waals surface area contributed by atoms with Crippen molar-refractivity contribution in [3.8, 4) is 11.1 Å². The number of thiophene rings is 1. The van der Waals surface area contributed by atoms with Gasteiger partial charge in [-0.25, -0.2) is 4.79 Å². The Balaban J connectivity index is 1.78. The van der Waals surface area contributed by atoms with Crippen LogP contribution in [0.15, 0.2) is 89.4 Å². The van der Waals surface area contributed by atoms with Crippen LogP contribution < -0.4 is 5.32 Å². The largest absolute Gasteiger partial charge is 0.465 e. The molecular weight excluding hydrogens is 510 g/mol. The fraction of sp³-hybridized carbons (Fsp3) is 0.0714. The van der Waals surface area contributed by atoms with Crippen LogP contribution in [0.3, 0.4) is 0 Å². The third-order valence-corrected chi connectivity index (χ3v) is 6.82. The predicted octanol–water partition coefficient (Wildman–Crippen LogP) is 7.45. The maximum atomic E-state index is 13.6. The van der Waals surface area contributed by atoms with E-state index in [0.717, 1.165) is 31.6 Å². The number of benzene rings is 3. The highest BCUT2D eigenvalue weighted by Gasteiger charge is 2.26. The van der Waals surface area contributed by atoms with E-state index in [1.807, 2.05) is 97.9 Å². The molecule has 0 saturated carbocycles. The van der Waals surface area contributed by atoms with Crippen molar-refractivity contribution in [2.75, 3.05) is 12.4 Å². The van der Waals surface area contributed by atoms with Gasteiger partial charge in [-0.3, -0.25) is 4.79 Å². The van der Waals surface area contributed by atoms with Crippen molar-refractivity contribution in [1.29, 1.82) is 0 Å². The molecule has 0 bridgehead atoms. The van der Waals surface area contributed by atoms with Crippen LogP contribution >= 0.6 is 27.3 Å². The second-order valence-electron chi connectivity index (χ2n) is 7.52. The topological polar surface area (TPSA) is 55.4 Å². The standard InChI is InChI=1S/C28H22BrNO3S/c1-18-24(21-13-15-22(29)16-14-21)25(28(32)33-2)27(34-18)30-26(31)23(20-11-7-4-8-12-20)17-19-9-5-3-6-10-19/h3-17H,1-2H3,(H,30,31)/b23-17+. The molecule has 0 atom stereocenters. The van der Waals surface area contributed by atoms with Gasteiger partial charge in [-0.15, -0.1) is 11.3 Å². The van der Waals surface area contributed by atoms with E-state index in [-0.39, 0.29) is 5.91 Å². The molecule has 4 rings (SSSR count). The van der Waals surface area contributed by atoms with E-state index in [4.69, 9.17) is 4.74 Å². The molecule has 0 saturated heterocycles. The zero-order chi connectivity index (χ0) is 24.1. The highest BCUT2D eigenvalue weighted by Crippen LogP contribution is 2.41. The second kappa shape index (κ2) is 10.6. The number of ether oxygens (including phenoxy) is 1. The van der Waals surface area contributed by atoms with Crippen LogP contribution in [-0.4, -0.2) is 19.0 Å². The van der Waals surface area contributed by atoms with Gasteiger partial charge >= 0.3 is 5.97 Å². The van der Waals surface area contributed by atoms with E-state index >= 15 is 0 Å². The summed E-state index contributed by atoms with van der Waals surface area (Å²) < 4.78 is 6.03. The van der Waals surface area contributed by atoms with Crippen molar-refractivity contribution >= 4 is 55.8 Å². The smallest absolute Gasteiger partial charge is 0.341 e. The number of anilines is 1. The molecular formula is C28H22BrNO3S. The van der Waals surface area contributed by atoms with E-state index in [9.17, 15) is 9.59 Å². The molecule has 3 aromatic carbocycles. The van der Waals surface area contributed by atoms with Crippen molar-refractivity contribution in [3.63, 3.8) is 0 Å². The van der Waals surface area contributed by atoms with Crippen LogP contribution in [0.4, 0.5) is 5.00 Å². The number of esters is 1. The fourth-order valence-electron chi connectivity index (χ4n) is 3.68. The average molecular weight is 532 g/mol. The lowest BCUT2D eigenvalue weighted by molar-refractivity contribution is -0.111. The summed E-state index contributed by atoms with van der Waals surface area (Å²) in [5.41, 5.74) is 4.17. The van der Waals surface area contributed by atoms with Gasteiger partial charge in [0.05, 0.1) is 7.11 Å². The Morgan fingerprint density at radius 3 is 2.15 bits per heavy atom. The number of hydrogen-bond donors (Lipinski definition) is 1. The Morgan fingerprint density at radius 2 is 1.53 bits per heavy atom. The molecule has 0 radical (unpaired) electrons. The number of amides is 1. The Kier molecular flexibility index (Phi) is 7.40. The Hall–Kier alpha value is -3.48. The average Bonchev–Trinajstić information content (AvgIpc) is 3.19. The minimum Gasteiger partial charge on any atom is -0.465 e. The quantitative estimate of drug-likeness (QED) is 0.159. The second-order valence-corrected chi connectivity index (χ2v) is 9.67. The number of methoxy groups -OCH3 is 1. The zero-order valence-corrected chi connectivity index (χ0v) is 21.1. The Labute approximate surface area is 211 Å². The molecule has 1 amide bonds. The van der Waals surface area contributed by atoms with Crippen LogP contribution in [0.1, 0.15) is 26.4 Å². The normalized spacial score (nSPS) is 11.2. The summed E-state index contributed by atoms with van der Waals surface area (Å²) in [6.07, 6.45) is 1.85. The van der Waals surface area contributed by atoms with Crippen LogP contribution in [0.25, 0.3) is 22.8 Å². The number of hydrogen-bond acceptors (Lipinski definition) is 4. The van der Waals surface area contributed by atoms with Crippen LogP contribution in [0.2, 0.25) is 0 Å². The number of rotatable bonds is 6. The van der Waals surface area contributed by atoms with Gasteiger partial charge in [0.1, 0.15) is 10.6 Å². The monoisotopic (exact) mass is 531 g/mol. The van der Waals surface area contributed by atoms with E-state index in [1.54, 1.807) is 0 Å². The summed E-state index contributed by atoms with van der Waals surface area (Å²) in [5, 5.41) is 3.45. The summed E-state index contributed by atoms with van der Waals surface area (Å²) in [7, 11) is 1.34. The van der Waals surface area contributed by atoms with Crippen molar-refractivity contribution in [3.05, 3.63) is 111 Å². The summed E-state index contributed by atoms with van der Waals surface area (Å²) >= 11 is 4.81. The van der Waals surface area contributed by atoms with Crippen LogP contribution in [0, 0.1) is 6.92 Å². The highest BCUT2D eigenvalue weighted by atomic mass is 79.9. The fourth-order valence-corrected chi connectivity index (χ4v) is 5.00. The van der Waals surface area contributed by atoms with Crippen molar-refractivity contribution in [1.82, 2.24) is 0 Å². The Bertz CT molecular complexity index is 1340. The van der Waals surface area contributed by atoms with E-state index < -0.39 is 5.97 Å². The van der Waals surface area contributed by atoms with Gasteiger partial charge in [0.25, 0.3) is 5.91 Å². The molecule has 1 heterocycles. The molecule has 0 fully saturated rings. The molecule has 34 heavy (non-hydrogen) atoms. The molecule has 170 valence electrons. The highest BCUT2D eigenvalue weighted by molar-refractivity contribution is 9.10. The molecule has 0 aliphatic carbocycles. The van der Waals surface area contributed by atoms with Gasteiger partial charge in [0.15, 0.2) is 0 Å². The minimum atomic E-state index is -0.495. The molecule has 0 aliphatic heterocycles. The summed E-state index contributed by atoms with van der Waals surface area (Å²) in [6.45, 7) is 1.93. The first kappa shape index (κ1) is 23.7. The van der Waals surface area contributed by atoms with Gasteiger partial charge in [0, 0.05) is 20.5 Å². The molecule has 0 spiro atoms. The molecule has 1 N–H and O–H groups in total. The van der Waals surface area contributed by atoms with Crippen molar-refractivity contribution in [2.45, 2.75) is 6.92 Å². The number of aryl methyl sites for hydroxylation is 1. The lowest BCUT2D eigenvalue weighted by atomic mass is 10.0. The lowest BCUT2D eigenvalue weighted by Crippen LogP contribution is -2.15. The maximum Gasteiger partial charge on any atom is 0.341 e. The molecule has 1 aromatic heterocycles. The first-order valence-corrected chi connectivity index (χ1v) is 12.2. The molecule has 0 aliphatic rings. The van der Waals surface area contributed by atoms with Gasteiger partial charge in [0.2, 0.25) is 0 Å². The van der Waals surface area contributed by atoms with Gasteiger partial charge in [-0.2, -0.15) is 0 Å². The third kappa shape index (κ3) is 5.19. The lowest BCUT2D eigenvalue weighted by Gasteiger charge is -2.11. The van der Waals surface area contributed by atoms with Gasteiger partial charge in [-0.05, 0) is 41.8 Å². The summed E-state index contributed by atoms with van der Waals surface area (Å²) in [5.74, 6) is -0.797. The summed E-state index contributed by atoms with van der Waals surface area (Å²) in [6, 6.07) is 26.8. The number of carbonyl (C=O) groups excluding carboxylic acids is 2. The SMILES string of the molecule is COC(=O)c1c(NC(=O)/C(=C/c2ccccc2)c2ccccc2)sc(C)c1-c1ccc(Br)cc1. The molecule has 6 heteroatoms. The van der Waals surface area contributed by atoms with Crippen LogP contribution in [0.5, 0.6) is 0 Å². The predicted molar refractivity (Wildman–Crippen MR) is 143 cm³/mol. The molecule has 0 unspecified atom stereocenters. The van der Waals surface area contributed by atoms with E-state index in [2.05, 4.69) is 21.2 Å². The van der Waals surface area contributed by atoms with Crippen molar-refractivity contribution in [2.24, 2.45) is 0 Å². The number of carbonyl (C=O) groups is 2. The first-order chi connectivity index (χ1) is 16.5. The van der Waals surface area contributed by atoms with Crippen molar-refractivity contribution < 1.29 is 14.3 Å². The van der Waals surface area contributed by atoms with Crippen LogP contribution in [-0.2, 0) is 9.53 Å². The minimum absolute atomic E-state index is 0.302. The van der Waals surface area contributed by atoms with E-state index in [1.165, 1.54) is 18.4 Å². The molecule has 4 nitrogen and oxygen atoms in total. The zero-order valence-electron chi connectivity index (χ0n) is 18.7. The maximum absolute atomic E-state index is 13.6. The number of nitrogens with one attached hydrogen (secondary N) is 1.